The van der Waals surface area contributed by atoms with Crippen molar-refractivity contribution in [1.29, 1.82) is 0 Å². The molecule has 2 aromatic rings. The minimum Gasteiger partial charge on any atom is -0.490 e. The number of carbonyl (C=O) groups excluding carboxylic acids is 2. The maximum Gasteiger partial charge on any atom is 0.460 e. The fourth-order valence-corrected chi connectivity index (χ4v) is 3.38. The van der Waals surface area contributed by atoms with Crippen LogP contribution >= 0.6 is 0 Å². The molecule has 0 heterocycles. The second-order valence-corrected chi connectivity index (χ2v) is 9.57. The van der Waals surface area contributed by atoms with Gasteiger partial charge in [-0.1, -0.05) is 12.7 Å². The van der Waals surface area contributed by atoms with E-state index in [2.05, 4.69) is 11.3 Å². The minimum absolute atomic E-state index is 0.00665. The molecule has 0 aliphatic heterocycles. The highest BCUT2D eigenvalue weighted by Gasteiger charge is 2.95. The third-order valence-electron chi connectivity index (χ3n) is 6.19. The molecule has 0 atom stereocenters. The Kier molecular flexibility index (Phi) is 11.3. The summed E-state index contributed by atoms with van der Waals surface area (Å²) in [5.74, 6) is -59.9. The predicted molar refractivity (Wildman–Crippen MR) is 129 cm³/mol. The lowest BCUT2D eigenvalue weighted by Crippen LogP contribution is -2.74. The Balaban J connectivity index is 2.13. The fraction of sp³-hybridized carbons (Fsp3) is 0.407. The molecule has 22 heteroatoms. The van der Waals surface area contributed by atoms with Crippen LogP contribution in [0.1, 0.15) is 27.1 Å². The molecule has 0 unspecified atom stereocenters. The minimum atomic E-state index is -8.74. The molecule has 0 amide bonds. The van der Waals surface area contributed by atoms with E-state index in [4.69, 9.17) is 9.47 Å². The molecule has 0 spiro atoms. The van der Waals surface area contributed by atoms with Gasteiger partial charge >= 0.3 is 59.6 Å². The zero-order valence-corrected chi connectivity index (χ0v) is 23.5. The van der Waals surface area contributed by atoms with Gasteiger partial charge in [0.2, 0.25) is 0 Å². The van der Waals surface area contributed by atoms with E-state index in [-0.39, 0.29) is 17.9 Å². The van der Waals surface area contributed by atoms with Gasteiger partial charge in [-0.25, -0.2) is 9.59 Å². The monoisotopic (exact) mass is 744 g/mol. The lowest BCUT2D eigenvalue weighted by atomic mass is 9.88. The normalized spacial score (nSPS) is 13.9. The molecule has 2 rings (SSSR count). The quantitative estimate of drug-likeness (QED) is 0.0789. The SMILES string of the molecule is C=CCOc1ccc(C(=O)Oc2ccc(C(=O)OCCC(F)(F)C(F)(F)C(F)(F)C(F)(F)C(F)(F)C(F)(F)C(F)(F)C(F)(F)F)cc2)cc1. The standard InChI is InChI=1S/C27H17F17O5/c1-2-12-47-16-7-3-15(4-8-16)19(46)49-17-9-5-14(6-10-17)18(45)48-13-11-20(28,29)21(30,31)22(32,33)23(34,35)24(36,37)25(38,39)26(40,41)27(42,43)44/h2-10H,1,11-13H2. The van der Waals surface area contributed by atoms with Gasteiger partial charge in [-0.15, -0.1) is 0 Å². The van der Waals surface area contributed by atoms with Crippen LogP contribution in [-0.4, -0.2) is 72.8 Å². The lowest BCUT2D eigenvalue weighted by Gasteiger charge is -2.42. The molecular formula is C27H17F17O5. The van der Waals surface area contributed by atoms with Crippen molar-refractivity contribution in [3.8, 4) is 11.5 Å². The Bertz CT molecular complexity index is 1480. The van der Waals surface area contributed by atoms with Gasteiger partial charge in [0.1, 0.15) is 18.1 Å². The summed E-state index contributed by atoms with van der Waals surface area (Å²) in [7, 11) is 0. The summed E-state index contributed by atoms with van der Waals surface area (Å²) in [4.78, 5) is 24.3. The predicted octanol–water partition coefficient (Wildman–Crippen LogP) is 9.03. The van der Waals surface area contributed by atoms with E-state index in [1.54, 1.807) is 0 Å². The van der Waals surface area contributed by atoms with Crippen molar-refractivity contribution in [1.82, 2.24) is 0 Å². The van der Waals surface area contributed by atoms with Gasteiger partial charge in [0, 0.05) is 0 Å². The van der Waals surface area contributed by atoms with Gasteiger partial charge in [0.05, 0.1) is 24.2 Å². The van der Waals surface area contributed by atoms with Crippen LogP contribution < -0.4 is 9.47 Å². The molecule has 2 aromatic carbocycles. The first-order chi connectivity index (χ1) is 22.0. The van der Waals surface area contributed by atoms with E-state index in [0.717, 1.165) is 24.3 Å². The number of alkyl halides is 17. The molecule has 274 valence electrons. The second-order valence-electron chi connectivity index (χ2n) is 9.57. The highest BCUT2D eigenvalue weighted by molar-refractivity contribution is 5.92. The number of rotatable bonds is 15. The molecule has 0 radical (unpaired) electrons. The Morgan fingerprint density at radius 2 is 0.939 bits per heavy atom. The Hall–Kier alpha value is -4.27. The van der Waals surface area contributed by atoms with Crippen molar-refractivity contribution in [3.63, 3.8) is 0 Å². The van der Waals surface area contributed by atoms with E-state index in [1.807, 2.05) is 0 Å². The fourth-order valence-electron chi connectivity index (χ4n) is 3.38. The van der Waals surface area contributed by atoms with Gasteiger partial charge in [-0.2, -0.15) is 74.6 Å². The summed E-state index contributed by atoms with van der Waals surface area (Å²) >= 11 is 0. The Labute approximate surface area is 262 Å². The third kappa shape index (κ3) is 7.36. The third-order valence-corrected chi connectivity index (χ3v) is 6.19. The van der Waals surface area contributed by atoms with Crippen molar-refractivity contribution in [2.75, 3.05) is 13.2 Å². The van der Waals surface area contributed by atoms with Crippen LogP contribution in [0.5, 0.6) is 11.5 Å². The number of esters is 2. The van der Waals surface area contributed by atoms with Gasteiger partial charge in [0.15, 0.2) is 0 Å². The Morgan fingerprint density at radius 3 is 1.37 bits per heavy atom. The lowest BCUT2D eigenvalue weighted by molar-refractivity contribution is -0.461. The molecular weight excluding hydrogens is 727 g/mol. The summed E-state index contributed by atoms with van der Waals surface area (Å²) in [6.07, 6.45) is -9.33. The van der Waals surface area contributed by atoms with Crippen LogP contribution in [0.4, 0.5) is 74.6 Å². The highest BCUT2D eigenvalue weighted by atomic mass is 19.4. The van der Waals surface area contributed by atoms with Crippen LogP contribution in [0.25, 0.3) is 0 Å². The summed E-state index contributed by atoms with van der Waals surface area (Å²) in [6, 6.07) is 8.76. The Morgan fingerprint density at radius 1 is 0.551 bits per heavy atom. The highest BCUT2D eigenvalue weighted by Crippen LogP contribution is 2.64. The van der Waals surface area contributed by atoms with Crippen molar-refractivity contribution < 1.29 is 98.4 Å². The van der Waals surface area contributed by atoms with Gasteiger partial charge in [-0.3, -0.25) is 0 Å². The number of benzene rings is 2. The van der Waals surface area contributed by atoms with Gasteiger partial charge < -0.3 is 14.2 Å². The molecule has 0 aliphatic carbocycles. The number of carbonyl (C=O) groups is 2. The van der Waals surface area contributed by atoms with Gasteiger partial charge in [-0.05, 0) is 48.5 Å². The molecule has 0 aliphatic rings. The number of ether oxygens (including phenoxy) is 3. The van der Waals surface area contributed by atoms with Crippen LogP contribution in [0.15, 0.2) is 61.2 Å². The first kappa shape index (κ1) is 40.9. The summed E-state index contributed by atoms with van der Waals surface area (Å²) in [6.45, 7) is 1.50. The number of halogens is 17. The van der Waals surface area contributed by atoms with Crippen molar-refractivity contribution in [2.24, 2.45) is 0 Å². The molecule has 49 heavy (non-hydrogen) atoms. The van der Waals surface area contributed by atoms with E-state index in [9.17, 15) is 84.2 Å². The van der Waals surface area contributed by atoms with E-state index >= 15 is 0 Å². The summed E-state index contributed by atoms with van der Waals surface area (Å²) in [5, 5.41) is 0. The first-order valence-corrected chi connectivity index (χ1v) is 12.6. The summed E-state index contributed by atoms with van der Waals surface area (Å²) in [5.41, 5.74) is -0.630. The molecule has 0 aromatic heterocycles. The van der Waals surface area contributed by atoms with Gasteiger partial charge in [0.25, 0.3) is 0 Å². The largest absolute Gasteiger partial charge is 0.490 e. The smallest absolute Gasteiger partial charge is 0.460 e. The van der Waals surface area contributed by atoms with E-state index in [1.165, 1.54) is 30.3 Å². The van der Waals surface area contributed by atoms with E-state index in [0.29, 0.717) is 5.75 Å². The van der Waals surface area contributed by atoms with Crippen molar-refractivity contribution >= 4 is 11.9 Å². The maximum atomic E-state index is 14.0. The maximum absolute atomic E-state index is 14.0. The topological polar surface area (TPSA) is 61.8 Å². The van der Waals surface area contributed by atoms with Crippen molar-refractivity contribution in [2.45, 2.75) is 54.1 Å². The first-order valence-electron chi connectivity index (χ1n) is 12.6. The summed E-state index contributed by atoms with van der Waals surface area (Å²) < 4.78 is 241. The molecule has 0 saturated carbocycles. The average molecular weight is 744 g/mol. The number of hydrogen-bond donors (Lipinski definition) is 0. The molecule has 0 N–H and O–H groups in total. The zero-order chi connectivity index (χ0) is 38.1. The molecule has 0 saturated heterocycles. The molecule has 0 fully saturated rings. The van der Waals surface area contributed by atoms with Crippen LogP contribution in [0.2, 0.25) is 0 Å². The van der Waals surface area contributed by atoms with E-state index < -0.39 is 78.2 Å². The molecule has 5 nitrogen and oxygen atoms in total. The average Bonchev–Trinajstić information content (AvgIpc) is 2.99. The zero-order valence-electron chi connectivity index (χ0n) is 23.5. The molecule has 0 bridgehead atoms. The van der Waals surface area contributed by atoms with Crippen LogP contribution in [-0.2, 0) is 4.74 Å². The van der Waals surface area contributed by atoms with Crippen LogP contribution in [0, 0.1) is 0 Å². The second kappa shape index (κ2) is 13.6. The van der Waals surface area contributed by atoms with Crippen LogP contribution in [0.3, 0.4) is 0 Å². The van der Waals surface area contributed by atoms with Crippen molar-refractivity contribution in [3.05, 3.63) is 72.3 Å². The number of hydrogen-bond acceptors (Lipinski definition) is 5.